The van der Waals surface area contributed by atoms with E-state index in [9.17, 15) is 4.79 Å². The Balaban J connectivity index is 1.47. The number of anilines is 1. The lowest BCUT2D eigenvalue weighted by Gasteiger charge is -2.12. The van der Waals surface area contributed by atoms with Gasteiger partial charge in [0.1, 0.15) is 6.33 Å². The van der Waals surface area contributed by atoms with Crippen LogP contribution in [-0.2, 0) is 4.79 Å². The molecule has 2 heterocycles. The van der Waals surface area contributed by atoms with E-state index < -0.39 is 0 Å². The number of aromatic nitrogens is 3. The molecule has 0 aliphatic carbocycles. The van der Waals surface area contributed by atoms with Crippen LogP contribution in [0.4, 0.5) is 5.69 Å². The Morgan fingerprint density at radius 2 is 2.15 bits per heavy atom. The Morgan fingerprint density at radius 3 is 2.93 bits per heavy atom. The zero-order valence-electron chi connectivity index (χ0n) is 14.6. The molecule has 1 unspecified atom stereocenters. The maximum Gasteiger partial charge on any atom is 0.224 e. The molecule has 27 heavy (non-hydrogen) atoms. The summed E-state index contributed by atoms with van der Waals surface area (Å²) in [6.45, 7) is 2.02. The molecule has 1 amide bonds. The molecule has 0 aliphatic rings. The van der Waals surface area contributed by atoms with Gasteiger partial charge in [0.25, 0.3) is 0 Å². The van der Waals surface area contributed by atoms with Crippen LogP contribution < -0.4 is 5.32 Å². The van der Waals surface area contributed by atoms with Crippen molar-refractivity contribution in [2.75, 3.05) is 5.32 Å². The Hall–Kier alpha value is -2.70. The van der Waals surface area contributed by atoms with Gasteiger partial charge < -0.3 is 5.32 Å². The van der Waals surface area contributed by atoms with Crippen LogP contribution in [0.2, 0.25) is 5.02 Å². The van der Waals surface area contributed by atoms with Crippen LogP contribution in [-0.4, -0.2) is 20.4 Å². The van der Waals surface area contributed by atoms with Crippen molar-refractivity contribution in [2.45, 2.75) is 19.3 Å². The van der Waals surface area contributed by atoms with Crippen LogP contribution in [0.1, 0.15) is 24.8 Å². The highest BCUT2D eigenvalue weighted by molar-refractivity contribution is 7.12. The number of rotatable bonds is 5. The topological polar surface area (TPSA) is 59.8 Å². The van der Waals surface area contributed by atoms with Crippen LogP contribution in [0, 0.1) is 0 Å². The van der Waals surface area contributed by atoms with Gasteiger partial charge in [0.15, 0.2) is 5.13 Å². The Morgan fingerprint density at radius 1 is 1.26 bits per heavy atom. The summed E-state index contributed by atoms with van der Waals surface area (Å²) in [5.41, 5.74) is 3.55. The third-order valence-corrected chi connectivity index (χ3v) is 5.37. The second-order valence-electron chi connectivity index (χ2n) is 6.34. The van der Waals surface area contributed by atoms with Gasteiger partial charge in [-0.3, -0.25) is 9.36 Å². The van der Waals surface area contributed by atoms with Crippen LogP contribution in [0.5, 0.6) is 0 Å². The molecule has 4 aromatic rings. The number of hydrogen-bond donors (Lipinski definition) is 1. The Labute approximate surface area is 165 Å². The van der Waals surface area contributed by atoms with Gasteiger partial charge in [-0.15, -0.1) is 11.3 Å². The molecule has 7 heteroatoms. The van der Waals surface area contributed by atoms with Gasteiger partial charge in [0.05, 0.1) is 11.0 Å². The van der Waals surface area contributed by atoms with E-state index in [-0.39, 0.29) is 11.8 Å². The van der Waals surface area contributed by atoms with Crippen molar-refractivity contribution in [1.29, 1.82) is 0 Å². The molecular weight excluding hydrogens is 380 g/mol. The van der Waals surface area contributed by atoms with E-state index in [1.54, 1.807) is 23.9 Å². The summed E-state index contributed by atoms with van der Waals surface area (Å²) in [7, 11) is 0. The highest BCUT2D eigenvalue weighted by Crippen LogP contribution is 2.25. The summed E-state index contributed by atoms with van der Waals surface area (Å²) >= 11 is 7.59. The van der Waals surface area contributed by atoms with Crippen molar-refractivity contribution in [3.05, 3.63) is 71.0 Å². The molecule has 1 atom stereocenters. The fraction of sp³-hybridized carbons (Fsp3) is 0.150. The first-order chi connectivity index (χ1) is 13.1. The summed E-state index contributed by atoms with van der Waals surface area (Å²) in [5, 5.41) is 6.43. The zero-order valence-corrected chi connectivity index (χ0v) is 16.2. The van der Waals surface area contributed by atoms with Crippen molar-refractivity contribution in [1.82, 2.24) is 14.5 Å². The smallest absolute Gasteiger partial charge is 0.224 e. The summed E-state index contributed by atoms with van der Waals surface area (Å²) < 4.78 is 1.94. The van der Waals surface area contributed by atoms with Crippen molar-refractivity contribution in [3.63, 3.8) is 0 Å². The first-order valence-corrected chi connectivity index (χ1v) is 9.78. The van der Waals surface area contributed by atoms with Crippen molar-refractivity contribution in [2.24, 2.45) is 0 Å². The number of nitrogens with one attached hydrogen (secondary N) is 1. The van der Waals surface area contributed by atoms with E-state index in [2.05, 4.69) is 15.3 Å². The molecule has 0 fully saturated rings. The zero-order chi connectivity index (χ0) is 18.8. The normalized spacial score (nSPS) is 12.2. The molecule has 0 spiro atoms. The minimum Gasteiger partial charge on any atom is -0.326 e. The lowest BCUT2D eigenvalue weighted by atomic mass is 9.97. The molecule has 2 aromatic heterocycles. The second-order valence-corrected chi connectivity index (χ2v) is 7.65. The standard InChI is InChI=1S/C20H17ClN4OS/c1-13(14-3-2-4-15(21)10-14)9-19(26)24-16-5-6-18-17(11-16)23-12-25(18)20-22-7-8-27-20/h2-8,10-13H,9H2,1H3,(H,24,26). The maximum absolute atomic E-state index is 12.4. The molecule has 1 N–H and O–H groups in total. The predicted octanol–water partition coefficient (Wildman–Crippen LogP) is 5.27. The first kappa shape index (κ1) is 17.7. The molecule has 0 aliphatic heterocycles. The van der Waals surface area contributed by atoms with Crippen LogP contribution in [0.3, 0.4) is 0 Å². The average molecular weight is 397 g/mol. The van der Waals surface area contributed by atoms with Gasteiger partial charge in [0, 0.05) is 28.7 Å². The number of amides is 1. The SMILES string of the molecule is CC(CC(=O)Nc1ccc2c(c1)ncn2-c1nccs1)c1cccc(Cl)c1. The van der Waals surface area contributed by atoms with E-state index in [0.29, 0.717) is 11.4 Å². The predicted molar refractivity (Wildman–Crippen MR) is 110 cm³/mol. The molecule has 136 valence electrons. The van der Waals surface area contributed by atoms with Crippen LogP contribution in [0.25, 0.3) is 16.2 Å². The van der Waals surface area contributed by atoms with Crippen LogP contribution >= 0.6 is 22.9 Å². The van der Waals surface area contributed by atoms with Gasteiger partial charge in [-0.05, 0) is 41.8 Å². The number of nitrogens with zero attached hydrogens (tertiary/aromatic N) is 3. The lowest BCUT2D eigenvalue weighted by Crippen LogP contribution is -2.14. The largest absolute Gasteiger partial charge is 0.326 e. The van der Waals surface area contributed by atoms with Gasteiger partial charge in [-0.2, -0.15) is 0 Å². The van der Waals surface area contributed by atoms with E-state index in [0.717, 1.165) is 27.4 Å². The Bertz CT molecular complexity index is 1090. The summed E-state index contributed by atoms with van der Waals surface area (Å²) in [4.78, 5) is 21.2. The summed E-state index contributed by atoms with van der Waals surface area (Å²) in [6.07, 6.45) is 3.89. The van der Waals surface area contributed by atoms with Gasteiger partial charge in [-0.25, -0.2) is 9.97 Å². The second kappa shape index (κ2) is 7.50. The van der Waals surface area contributed by atoms with E-state index in [1.807, 2.05) is 59.3 Å². The minimum atomic E-state index is -0.0406. The average Bonchev–Trinajstić information content (AvgIpc) is 3.30. The van der Waals surface area contributed by atoms with Gasteiger partial charge >= 0.3 is 0 Å². The van der Waals surface area contributed by atoms with E-state index in [1.165, 1.54) is 0 Å². The number of hydrogen-bond acceptors (Lipinski definition) is 4. The number of carbonyl (C=O) groups is 1. The maximum atomic E-state index is 12.4. The monoisotopic (exact) mass is 396 g/mol. The molecule has 0 bridgehead atoms. The molecule has 0 saturated carbocycles. The Kier molecular flexibility index (Phi) is 4.92. The van der Waals surface area contributed by atoms with Gasteiger partial charge in [-0.1, -0.05) is 30.7 Å². The number of thiazole rings is 1. The molecule has 0 radical (unpaired) electrons. The highest BCUT2D eigenvalue weighted by Gasteiger charge is 2.13. The number of halogens is 1. The van der Waals surface area contributed by atoms with E-state index >= 15 is 0 Å². The first-order valence-electron chi connectivity index (χ1n) is 8.52. The molecule has 5 nitrogen and oxygen atoms in total. The summed E-state index contributed by atoms with van der Waals surface area (Å²) in [5.74, 6) is 0.0396. The fourth-order valence-electron chi connectivity index (χ4n) is 3.00. The number of carbonyl (C=O) groups excluding carboxylic acids is 1. The van der Waals surface area contributed by atoms with E-state index in [4.69, 9.17) is 11.6 Å². The highest BCUT2D eigenvalue weighted by atomic mass is 35.5. The molecule has 0 saturated heterocycles. The lowest BCUT2D eigenvalue weighted by molar-refractivity contribution is -0.116. The van der Waals surface area contributed by atoms with Crippen LogP contribution in [0.15, 0.2) is 60.4 Å². The van der Waals surface area contributed by atoms with Crippen molar-refractivity contribution in [3.8, 4) is 5.13 Å². The quantitative estimate of drug-likeness (QED) is 0.500. The third-order valence-electron chi connectivity index (χ3n) is 4.37. The van der Waals surface area contributed by atoms with Gasteiger partial charge in [0.2, 0.25) is 5.91 Å². The molecular formula is C20H17ClN4OS. The van der Waals surface area contributed by atoms with Crippen molar-refractivity contribution >= 4 is 45.6 Å². The summed E-state index contributed by atoms with van der Waals surface area (Å²) in [6, 6.07) is 13.3. The minimum absolute atomic E-state index is 0.0406. The fourth-order valence-corrected chi connectivity index (χ4v) is 3.82. The molecule has 2 aromatic carbocycles. The molecule has 4 rings (SSSR count). The number of imidazole rings is 1. The van der Waals surface area contributed by atoms with Crippen molar-refractivity contribution < 1.29 is 4.79 Å². The third kappa shape index (κ3) is 3.86. The number of benzene rings is 2. The number of fused-ring (bicyclic) bond motifs is 1.